The molecule has 0 radical (unpaired) electrons. The average molecular weight is 344 g/mol. The predicted molar refractivity (Wildman–Crippen MR) is 80.7 cm³/mol. The molecule has 0 saturated carbocycles. The molecule has 23 heavy (non-hydrogen) atoms. The fourth-order valence-corrected chi connectivity index (χ4v) is 2.15. The van der Waals surface area contributed by atoms with Crippen LogP contribution in [0.2, 0.25) is 5.02 Å². The number of nitrogens with zero attached hydrogens (tertiary/aromatic N) is 3. The summed E-state index contributed by atoms with van der Waals surface area (Å²) in [6, 6.07) is 6.72. The quantitative estimate of drug-likeness (QED) is 0.776. The van der Waals surface area contributed by atoms with Gasteiger partial charge in [-0.25, -0.2) is 4.68 Å². The molecule has 0 unspecified atom stereocenters. The van der Waals surface area contributed by atoms with E-state index in [1.807, 2.05) is 0 Å². The summed E-state index contributed by atoms with van der Waals surface area (Å²) in [5.74, 6) is -0.768. The third-order valence-corrected chi connectivity index (χ3v) is 3.14. The molecule has 2 aromatic rings. The van der Waals surface area contributed by atoms with Crippen molar-refractivity contribution in [1.29, 1.82) is 0 Å². The zero-order valence-corrected chi connectivity index (χ0v) is 12.7. The number of benzene rings is 1. The molecule has 122 valence electrons. The molecule has 0 aliphatic rings. The van der Waals surface area contributed by atoms with Gasteiger partial charge in [-0.15, -0.1) is 6.58 Å². The Hall–Kier alpha value is -2.28. The van der Waals surface area contributed by atoms with Crippen molar-refractivity contribution in [1.82, 2.24) is 14.7 Å². The molecule has 4 nitrogen and oxygen atoms in total. The van der Waals surface area contributed by atoms with Gasteiger partial charge in [-0.3, -0.25) is 4.79 Å². The van der Waals surface area contributed by atoms with E-state index in [1.54, 1.807) is 24.3 Å². The Bertz CT molecular complexity index is 712. The second kappa shape index (κ2) is 6.87. The summed E-state index contributed by atoms with van der Waals surface area (Å²) in [6.07, 6.45) is -0.664. The van der Waals surface area contributed by atoms with Gasteiger partial charge in [0.2, 0.25) is 0 Å². The van der Waals surface area contributed by atoms with Gasteiger partial charge in [0.1, 0.15) is 6.54 Å². The van der Waals surface area contributed by atoms with Crippen LogP contribution in [0.5, 0.6) is 0 Å². The van der Waals surface area contributed by atoms with Crippen molar-refractivity contribution < 1.29 is 18.0 Å². The lowest BCUT2D eigenvalue weighted by molar-refractivity contribution is -0.139. The number of halogens is 4. The lowest BCUT2D eigenvalue weighted by atomic mass is 10.3. The number of carbonyl (C=O) groups is 1. The van der Waals surface area contributed by atoms with Crippen LogP contribution in [0.1, 0.15) is 10.4 Å². The van der Waals surface area contributed by atoms with Crippen molar-refractivity contribution in [3.8, 4) is 5.69 Å². The summed E-state index contributed by atoms with van der Waals surface area (Å²) in [7, 11) is 0. The van der Waals surface area contributed by atoms with Crippen LogP contribution in [0.3, 0.4) is 0 Å². The van der Waals surface area contributed by atoms with Crippen LogP contribution in [0, 0.1) is 0 Å². The normalized spacial score (nSPS) is 11.3. The number of carbonyl (C=O) groups excluding carboxylic acids is 1. The molecule has 8 heteroatoms. The molecule has 2 rings (SSSR count). The van der Waals surface area contributed by atoms with Crippen molar-refractivity contribution in [2.45, 2.75) is 6.18 Å². The maximum atomic E-state index is 12.6. The second-order valence-corrected chi connectivity index (χ2v) is 5.18. The highest BCUT2D eigenvalue weighted by Gasteiger charge is 2.33. The monoisotopic (exact) mass is 343 g/mol. The summed E-state index contributed by atoms with van der Waals surface area (Å²) in [5, 5.41) is 4.47. The van der Waals surface area contributed by atoms with Gasteiger partial charge in [0.15, 0.2) is 0 Å². The first-order chi connectivity index (χ1) is 10.8. The molecule has 1 heterocycles. The molecule has 0 bridgehead atoms. The van der Waals surface area contributed by atoms with Crippen LogP contribution in [0.15, 0.2) is 49.3 Å². The Kier molecular flexibility index (Phi) is 5.10. The maximum absolute atomic E-state index is 12.6. The highest BCUT2D eigenvalue weighted by Crippen LogP contribution is 2.19. The van der Waals surface area contributed by atoms with E-state index in [2.05, 4.69) is 11.7 Å². The van der Waals surface area contributed by atoms with Crippen molar-refractivity contribution in [2.24, 2.45) is 0 Å². The molecule has 0 atom stereocenters. The van der Waals surface area contributed by atoms with Gasteiger partial charge in [-0.1, -0.05) is 23.7 Å². The first-order valence-electron chi connectivity index (χ1n) is 6.57. The fraction of sp³-hybridized carbons (Fsp3) is 0.200. The van der Waals surface area contributed by atoms with Gasteiger partial charge in [-0.2, -0.15) is 18.3 Å². The van der Waals surface area contributed by atoms with Crippen LogP contribution < -0.4 is 0 Å². The first-order valence-corrected chi connectivity index (χ1v) is 6.95. The van der Waals surface area contributed by atoms with Gasteiger partial charge >= 0.3 is 6.18 Å². The standard InChI is InChI=1S/C15H13ClF3N3O/c1-2-6-21(10-15(17,18)19)14(23)11-8-20-22(9-11)13-5-3-4-12(16)7-13/h2-5,7-9H,1,6,10H2. The minimum Gasteiger partial charge on any atom is -0.326 e. The van der Waals surface area contributed by atoms with Crippen molar-refractivity contribution in [3.05, 3.63) is 59.9 Å². The van der Waals surface area contributed by atoms with Gasteiger partial charge in [-0.05, 0) is 18.2 Å². The summed E-state index contributed by atoms with van der Waals surface area (Å²) >= 11 is 5.88. The van der Waals surface area contributed by atoms with Crippen molar-refractivity contribution in [2.75, 3.05) is 13.1 Å². The van der Waals surface area contributed by atoms with Crippen molar-refractivity contribution >= 4 is 17.5 Å². The maximum Gasteiger partial charge on any atom is 0.406 e. The van der Waals surface area contributed by atoms with Gasteiger partial charge < -0.3 is 4.90 Å². The number of rotatable bonds is 5. The predicted octanol–water partition coefficient (Wildman–Crippen LogP) is 3.72. The minimum atomic E-state index is -4.48. The van der Waals surface area contributed by atoms with E-state index in [1.165, 1.54) is 23.2 Å². The van der Waals surface area contributed by atoms with Gasteiger partial charge in [0.05, 0.1) is 17.4 Å². The number of hydrogen-bond acceptors (Lipinski definition) is 2. The molecule has 0 aliphatic heterocycles. The summed E-state index contributed by atoms with van der Waals surface area (Å²) in [6.45, 7) is 1.82. The average Bonchev–Trinajstić information content (AvgIpc) is 2.94. The van der Waals surface area contributed by atoms with E-state index in [0.29, 0.717) is 15.6 Å². The Balaban J connectivity index is 2.23. The molecule has 1 amide bonds. The third-order valence-electron chi connectivity index (χ3n) is 2.91. The zero-order chi connectivity index (χ0) is 17.0. The smallest absolute Gasteiger partial charge is 0.326 e. The van der Waals surface area contributed by atoms with E-state index in [0.717, 1.165) is 0 Å². The molecule has 0 fully saturated rings. The molecule has 0 spiro atoms. The van der Waals surface area contributed by atoms with Crippen LogP contribution in [-0.4, -0.2) is 39.9 Å². The summed E-state index contributed by atoms with van der Waals surface area (Å²) in [4.78, 5) is 12.9. The number of amides is 1. The minimum absolute atomic E-state index is 0.0519. The molecule has 0 saturated heterocycles. The van der Waals surface area contributed by atoms with E-state index in [-0.39, 0.29) is 12.1 Å². The van der Waals surface area contributed by atoms with E-state index < -0.39 is 18.6 Å². The van der Waals surface area contributed by atoms with Crippen molar-refractivity contribution in [3.63, 3.8) is 0 Å². The molecular formula is C15H13ClF3N3O. The molecule has 0 aliphatic carbocycles. The van der Waals surface area contributed by atoms with Crippen LogP contribution in [-0.2, 0) is 0 Å². The summed E-state index contributed by atoms with van der Waals surface area (Å²) in [5.41, 5.74) is 0.652. The topological polar surface area (TPSA) is 38.1 Å². The highest BCUT2D eigenvalue weighted by atomic mass is 35.5. The summed E-state index contributed by atoms with van der Waals surface area (Å²) < 4.78 is 39.0. The third kappa shape index (κ3) is 4.59. The second-order valence-electron chi connectivity index (χ2n) is 4.74. The lowest BCUT2D eigenvalue weighted by Gasteiger charge is -2.21. The van der Waals surface area contributed by atoms with Gasteiger partial charge in [0, 0.05) is 17.8 Å². The number of alkyl halides is 3. The van der Waals surface area contributed by atoms with E-state index in [9.17, 15) is 18.0 Å². The van der Waals surface area contributed by atoms with Crippen LogP contribution in [0.4, 0.5) is 13.2 Å². The van der Waals surface area contributed by atoms with Crippen LogP contribution >= 0.6 is 11.6 Å². The Morgan fingerprint density at radius 1 is 1.43 bits per heavy atom. The van der Waals surface area contributed by atoms with Gasteiger partial charge in [0.25, 0.3) is 5.91 Å². The number of hydrogen-bond donors (Lipinski definition) is 0. The number of aromatic nitrogens is 2. The molecular weight excluding hydrogens is 331 g/mol. The zero-order valence-electron chi connectivity index (χ0n) is 11.9. The highest BCUT2D eigenvalue weighted by molar-refractivity contribution is 6.30. The Morgan fingerprint density at radius 3 is 2.78 bits per heavy atom. The Labute approximate surface area is 135 Å². The SMILES string of the molecule is C=CCN(CC(F)(F)F)C(=O)c1cnn(-c2cccc(Cl)c2)c1. The largest absolute Gasteiger partial charge is 0.406 e. The fourth-order valence-electron chi connectivity index (χ4n) is 1.97. The van der Waals surface area contributed by atoms with Crippen LogP contribution in [0.25, 0.3) is 5.69 Å². The van der Waals surface area contributed by atoms with E-state index >= 15 is 0 Å². The van der Waals surface area contributed by atoms with E-state index in [4.69, 9.17) is 11.6 Å². The molecule has 1 aromatic heterocycles. The Morgan fingerprint density at radius 2 is 2.17 bits per heavy atom. The lowest BCUT2D eigenvalue weighted by Crippen LogP contribution is -2.38. The molecule has 0 N–H and O–H groups in total. The molecule has 1 aromatic carbocycles. The first kappa shape index (κ1) is 17.1.